The van der Waals surface area contributed by atoms with Crippen molar-refractivity contribution >= 4 is 29.1 Å². The lowest BCUT2D eigenvalue weighted by Gasteiger charge is -2.08. The van der Waals surface area contributed by atoms with Crippen molar-refractivity contribution in [2.45, 2.75) is 12.8 Å². The number of nitro groups is 1. The van der Waals surface area contributed by atoms with E-state index in [2.05, 4.69) is 15.5 Å². The molecule has 0 fully saturated rings. The molecule has 0 aliphatic carbocycles. The maximum atomic E-state index is 11.4. The summed E-state index contributed by atoms with van der Waals surface area (Å²) in [7, 11) is 0. The number of hydrogen-bond donors (Lipinski definition) is 3. The van der Waals surface area contributed by atoms with Crippen LogP contribution >= 0.6 is 11.6 Å². The maximum Gasteiger partial charge on any atom is 0.409 e. The van der Waals surface area contributed by atoms with Crippen LogP contribution in [-0.2, 0) is 6.42 Å². The topological polar surface area (TPSA) is 144 Å². The molecule has 4 N–H and O–H groups in total. The van der Waals surface area contributed by atoms with Crippen LogP contribution in [0.15, 0.2) is 36.5 Å². The Balaban J connectivity index is 2.47. The van der Waals surface area contributed by atoms with Gasteiger partial charge in [0, 0.05) is 11.6 Å². The predicted molar refractivity (Wildman–Crippen MR) is 92.4 cm³/mol. The maximum absolute atomic E-state index is 11.4. The van der Waals surface area contributed by atoms with Gasteiger partial charge in [0.25, 0.3) is 5.69 Å². The van der Waals surface area contributed by atoms with E-state index >= 15 is 0 Å². The molecule has 1 aromatic carbocycles. The molecule has 2 aromatic rings. The van der Waals surface area contributed by atoms with Crippen molar-refractivity contribution < 1.29 is 14.8 Å². The van der Waals surface area contributed by atoms with E-state index in [4.69, 9.17) is 22.4 Å². The van der Waals surface area contributed by atoms with Gasteiger partial charge in [0.1, 0.15) is 0 Å². The number of nitrogens with two attached hydrogens (primary N) is 1. The van der Waals surface area contributed by atoms with Crippen LogP contribution in [0.3, 0.4) is 0 Å². The number of carboxylic acid groups (broad SMARTS) is 1. The fourth-order valence-electron chi connectivity index (χ4n) is 2.17. The zero-order valence-corrected chi connectivity index (χ0v) is 13.6. The van der Waals surface area contributed by atoms with Crippen molar-refractivity contribution in [3.05, 3.63) is 57.5 Å². The average Bonchev–Trinajstić information content (AvgIpc) is 2.56. The molecule has 1 amide bonds. The quantitative estimate of drug-likeness (QED) is 0.527. The standard InChI is InChI=1S/C15H14ClN5O4/c16-14-12(7-10(19-20-14)3-1-2-6-17)11-5-4-9(18-15(22)23)8-13(11)21(24)25/h2,4-8,18H,1,3,17H2,(H,22,23). The third kappa shape index (κ3) is 4.64. The van der Waals surface area contributed by atoms with E-state index in [-0.39, 0.29) is 22.1 Å². The van der Waals surface area contributed by atoms with E-state index in [1.165, 1.54) is 18.3 Å². The molecule has 0 unspecified atom stereocenters. The molecule has 0 saturated heterocycles. The van der Waals surface area contributed by atoms with Gasteiger partial charge in [-0.05, 0) is 37.2 Å². The first-order valence-corrected chi connectivity index (χ1v) is 7.47. The number of amides is 1. The second-order valence-electron chi connectivity index (χ2n) is 4.93. The lowest BCUT2D eigenvalue weighted by atomic mass is 10.0. The second kappa shape index (κ2) is 8.06. The molecule has 0 radical (unpaired) electrons. The van der Waals surface area contributed by atoms with Crippen molar-refractivity contribution in [2.75, 3.05) is 5.32 Å². The fourth-order valence-corrected chi connectivity index (χ4v) is 2.36. The number of carbonyl (C=O) groups is 1. The summed E-state index contributed by atoms with van der Waals surface area (Å²) in [5, 5.41) is 30.0. The van der Waals surface area contributed by atoms with Gasteiger partial charge < -0.3 is 10.8 Å². The Morgan fingerprint density at radius 1 is 1.36 bits per heavy atom. The van der Waals surface area contributed by atoms with E-state index in [1.807, 2.05) is 0 Å². The van der Waals surface area contributed by atoms with Gasteiger partial charge in [-0.1, -0.05) is 17.7 Å². The summed E-state index contributed by atoms with van der Waals surface area (Å²) in [6, 6.07) is 5.56. The van der Waals surface area contributed by atoms with Gasteiger partial charge >= 0.3 is 6.09 Å². The van der Waals surface area contributed by atoms with E-state index in [1.54, 1.807) is 12.1 Å². The number of aromatic nitrogens is 2. The molecule has 2 rings (SSSR count). The normalized spacial score (nSPS) is 10.8. The van der Waals surface area contributed by atoms with Crippen molar-refractivity contribution in [1.29, 1.82) is 0 Å². The lowest BCUT2D eigenvalue weighted by molar-refractivity contribution is -0.384. The third-order valence-electron chi connectivity index (χ3n) is 3.24. The molecule has 130 valence electrons. The van der Waals surface area contributed by atoms with Gasteiger partial charge in [0.2, 0.25) is 0 Å². The summed E-state index contributed by atoms with van der Waals surface area (Å²) in [5.41, 5.74) is 6.22. The monoisotopic (exact) mass is 363 g/mol. The van der Waals surface area contributed by atoms with Crippen LogP contribution in [0, 0.1) is 10.1 Å². The van der Waals surface area contributed by atoms with Crippen molar-refractivity contribution in [1.82, 2.24) is 10.2 Å². The van der Waals surface area contributed by atoms with Crippen molar-refractivity contribution in [3.63, 3.8) is 0 Å². The van der Waals surface area contributed by atoms with Gasteiger partial charge in [0.15, 0.2) is 5.15 Å². The lowest BCUT2D eigenvalue weighted by Crippen LogP contribution is -2.07. The van der Waals surface area contributed by atoms with Crippen molar-refractivity contribution in [3.8, 4) is 11.1 Å². The van der Waals surface area contributed by atoms with Crippen LogP contribution in [0.4, 0.5) is 16.2 Å². The number of halogens is 1. The summed E-state index contributed by atoms with van der Waals surface area (Å²) in [4.78, 5) is 21.4. The zero-order chi connectivity index (χ0) is 18.4. The molecule has 0 saturated carbocycles. The highest BCUT2D eigenvalue weighted by atomic mass is 35.5. The Kier molecular flexibility index (Phi) is 5.85. The number of anilines is 1. The van der Waals surface area contributed by atoms with Crippen LogP contribution in [0.25, 0.3) is 11.1 Å². The Morgan fingerprint density at radius 2 is 2.12 bits per heavy atom. The van der Waals surface area contributed by atoms with E-state index in [9.17, 15) is 14.9 Å². The molecule has 0 aliphatic heterocycles. The van der Waals surface area contributed by atoms with Crippen LogP contribution in [0.1, 0.15) is 12.1 Å². The number of hydrogen-bond acceptors (Lipinski definition) is 6. The number of nitro benzene ring substituents is 1. The number of nitrogens with one attached hydrogen (secondary N) is 1. The van der Waals surface area contributed by atoms with Crippen molar-refractivity contribution in [2.24, 2.45) is 5.73 Å². The van der Waals surface area contributed by atoms with E-state index in [0.717, 1.165) is 6.07 Å². The van der Waals surface area contributed by atoms with Crippen LogP contribution < -0.4 is 11.1 Å². The Bertz CT molecular complexity index is 841. The number of allylic oxidation sites excluding steroid dienone is 1. The molecular formula is C15H14ClN5O4. The van der Waals surface area contributed by atoms with Gasteiger partial charge in [-0.3, -0.25) is 15.4 Å². The molecule has 25 heavy (non-hydrogen) atoms. The first-order chi connectivity index (χ1) is 11.9. The van der Waals surface area contributed by atoms with Gasteiger partial charge in [0.05, 0.1) is 21.9 Å². The van der Waals surface area contributed by atoms with Crippen LogP contribution in [-0.4, -0.2) is 26.3 Å². The third-order valence-corrected chi connectivity index (χ3v) is 3.52. The summed E-state index contributed by atoms with van der Waals surface area (Å²) < 4.78 is 0. The second-order valence-corrected chi connectivity index (χ2v) is 5.28. The summed E-state index contributed by atoms with van der Waals surface area (Å²) in [5.74, 6) is 0. The molecule has 0 spiro atoms. The van der Waals surface area contributed by atoms with Crippen LogP contribution in [0.2, 0.25) is 5.15 Å². The summed E-state index contributed by atoms with van der Waals surface area (Å²) in [6.45, 7) is 0. The molecule has 0 bridgehead atoms. The number of benzene rings is 1. The molecule has 0 atom stereocenters. The fraction of sp³-hybridized carbons (Fsp3) is 0.133. The van der Waals surface area contributed by atoms with Crippen LogP contribution in [0.5, 0.6) is 0 Å². The minimum atomic E-state index is -1.32. The van der Waals surface area contributed by atoms with Gasteiger partial charge in [-0.2, -0.15) is 5.10 Å². The summed E-state index contributed by atoms with van der Waals surface area (Å²) >= 11 is 6.05. The highest BCUT2D eigenvalue weighted by Gasteiger charge is 2.20. The Labute approximate surface area is 147 Å². The highest BCUT2D eigenvalue weighted by molar-refractivity contribution is 6.32. The number of nitrogens with zero attached hydrogens (tertiary/aromatic N) is 3. The Morgan fingerprint density at radius 3 is 2.76 bits per heavy atom. The van der Waals surface area contributed by atoms with Gasteiger partial charge in [-0.25, -0.2) is 4.79 Å². The highest BCUT2D eigenvalue weighted by Crippen LogP contribution is 2.35. The minimum absolute atomic E-state index is 0.0140. The number of rotatable bonds is 6. The molecule has 1 aromatic heterocycles. The molecule has 0 aliphatic rings. The average molecular weight is 364 g/mol. The zero-order valence-electron chi connectivity index (χ0n) is 12.8. The van der Waals surface area contributed by atoms with Gasteiger partial charge in [-0.15, -0.1) is 5.10 Å². The summed E-state index contributed by atoms with van der Waals surface area (Å²) in [6.07, 6.45) is 3.03. The predicted octanol–water partition coefficient (Wildman–Crippen LogP) is 3.20. The smallest absolute Gasteiger partial charge is 0.409 e. The largest absolute Gasteiger partial charge is 0.465 e. The minimum Gasteiger partial charge on any atom is -0.465 e. The first kappa shape index (κ1) is 18.1. The Hall–Kier alpha value is -3.20. The molecular weight excluding hydrogens is 350 g/mol. The SMILES string of the molecule is NC=CCCc1cc(-c2ccc(NC(=O)O)cc2[N+](=O)[O-])c(Cl)nn1. The molecule has 10 heteroatoms. The molecule has 1 heterocycles. The van der Waals surface area contributed by atoms with E-state index in [0.29, 0.717) is 24.1 Å². The van der Waals surface area contributed by atoms with E-state index < -0.39 is 11.0 Å². The molecule has 9 nitrogen and oxygen atoms in total. The number of aryl methyl sites for hydroxylation is 1. The first-order valence-electron chi connectivity index (χ1n) is 7.10.